The van der Waals surface area contributed by atoms with Gasteiger partial charge in [-0.25, -0.2) is 4.98 Å². The standard InChI is InChI=1S/C15H15ClN2O3/c1-2-9(7-13(19)20)18-15(21)12-8-17-14(16)11-6-4-3-5-10(11)12/h3-6,8-9H,2,7H2,1H3,(H,18,21)(H,19,20). The third-order valence-corrected chi connectivity index (χ3v) is 3.54. The molecule has 0 aliphatic carbocycles. The van der Waals surface area contributed by atoms with Gasteiger partial charge in [0.05, 0.1) is 12.0 Å². The number of aliphatic carboxylic acids is 1. The highest BCUT2D eigenvalue weighted by Gasteiger charge is 2.18. The van der Waals surface area contributed by atoms with Crippen LogP contribution >= 0.6 is 11.6 Å². The van der Waals surface area contributed by atoms with Crippen LogP contribution in [0.25, 0.3) is 10.8 Å². The number of nitrogens with zero attached hydrogens (tertiary/aromatic N) is 1. The topological polar surface area (TPSA) is 79.3 Å². The summed E-state index contributed by atoms with van der Waals surface area (Å²) in [6.07, 6.45) is 1.84. The van der Waals surface area contributed by atoms with Gasteiger partial charge < -0.3 is 10.4 Å². The number of pyridine rings is 1. The minimum absolute atomic E-state index is 0.110. The molecule has 1 heterocycles. The summed E-state index contributed by atoms with van der Waals surface area (Å²) in [6, 6.07) is 6.79. The first-order valence-electron chi connectivity index (χ1n) is 6.58. The summed E-state index contributed by atoms with van der Waals surface area (Å²) in [4.78, 5) is 27.1. The third kappa shape index (κ3) is 3.49. The number of benzene rings is 1. The van der Waals surface area contributed by atoms with Gasteiger partial charge in [0.15, 0.2) is 0 Å². The van der Waals surface area contributed by atoms with Gasteiger partial charge in [-0.3, -0.25) is 9.59 Å². The lowest BCUT2D eigenvalue weighted by Gasteiger charge is -2.15. The Balaban J connectivity index is 2.31. The summed E-state index contributed by atoms with van der Waals surface area (Å²) in [5, 5.41) is 13.3. The van der Waals surface area contributed by atoms with Crippen LogP contribution in [0.1, 0.15) is 30.1 Å². The van der Waals surface area contributed by atoms with E-state index in [1.807, 2.05) is 19.1 Å². The zero-order chi connectivity index (χ0) is 15.4. The van der Waals surface area contributed by atoms with Crippen molar-refractivity contribution in [3.8, 4) is 0 Å². The Hall–Kier alpha value is -2.14. The lowest BCUT2D eigenvalue weighted by Crippen LogP contribution is -2.36. The number of aromatic nitrogens is 1. The molecule has 0 aliphatic heterocycles. The summed E-state index contributed by atoms with van der Waals surface area (Å²) in [7, 11) is 0. The molecule has 2 aromatic rings. The molecule has 5 nitrogen and oxygen atoms in total. The van der Waals surface area contributed by atoms with E-state index in [1.54, 1.807) is 12.1 Å². The zero-order valence-corrected chi connectivity index (χ0v) is 12.2. The van der Waals surface area contributed by atoms with E-state index in [-0.39, 0.29) is 12.3 Å². The molecule has 110 valence electrons. The molecule has 0 fully saturated rings. The van der Waals surface area contributed by atoms with Crippen molar-refractivity contribution < 1.29 is 14.7 Å². The van der Waals surface area contributed by atoms with Crippen molar-refractivity contribution >= 4 is 34.2 Å². The Labute approximate surface area is 126 Å². The first-order valence-corrected chi connectivity index (χ1v) is 6.96. The zero-order valence-electron chi connectivity index (χ0n) is 11.5. The summed E-state index contributed by atoms with van der Waals surface area (Å²) in [6.45, 7) is 1.83. The Morgan fingerprint density at radius 2 is 2.00 bits per heavy atom. The average molecular weight is 307 g/mol. The van der Waals surface area contributed by atoms with Gasteiger partial charge in [-0.05, 0) is 11.8 Å². The second kappa shape index (κ2) is 6.54. The van der Waals surface area contributed by atoms with Gasteiger partial charge in [-0.2, -0.15) is 0 Å². The Kier molecular flexibility index (Phi) is 4.75. The summed E-state index contributed by atoms with van der Waals surface area (Å²) in [5.41, 5.74) is 0.388. The van der Waals surface area contributed by atoms with Crippen LogP contribution in [0, 0.1) is 0 Å². The number of halogens is 1. The number of hydrogen-bond acceptors (Lipinski definition) is 3. The van der Waals surface area contributed by atoms with E-state index < -0.39 is 12.0 Å². The van der Waals surface area contributed by atoms with Gasteiger partial charge in [-0.15, -0.1) is 0 Å². The fraction of sp³-hybridized carbons (Fsp3) is 0.267. The maximum absolute atomic E-state index is 12.3. The largest absolute Gasteiger partial charge is 0.481 e. The maximum Gasteiger partial charge on any atom is 0.305 e. The molecule has 6 heteroatoms. The van der Waals surface area contributed by atoms with E-state index in [0.29, 0.717) is 27.9 Å². The predicted octanol–water partition coefficient (Wildman–Crippen LogP) is 2.87. The number of carbonyl (C=O) groups excluding carboxylic acids is 1. The molecule has 1 aromatic heterocycles. The molecular formula is C15H15ClN2O3. The first-order chi connectivity index (χ1) is 10.0. The van der Waals surface area contributed by atoms with Crippen LogP contribution in [-0.2, 0) is 4.79 Å². The number of carboxylic acids is 1. The molecule has 1 aromatic carbocycles. The van der Waals surface area contributed by atoms with E-state index >= 15 is 0 Å². The van der Waals surface area contributed by atoms with Crippen molar-refractivity contribution in [2.75, 3.05) is 0 Å². The van der Waals surface area contributed by atoms with Gasteiger partial charge in [0.2, 0.25) is 0 Å². The maximum atomic E-state index is 12.3. The van der Waals surface area contributed by atoms with E-state index in [0.717, 1.165) is 0 Å². The van der Waals surface area contributed by atoms with Crippen LogP contribution < -0.4 is 5.32 Å². The minimum Gasteiger partial charge on any atom is -0.481 e. The Bertz CT molecular complexity index is 688. The van der Waals surface area contributed by atoms with Crippen LogP contribution in [0.15, 0.2) is 30.5 Å². The lowest BCUT2D eigenvalue weighted by molar-refractivity contribution is -0.137. The van der Waals surface area contributed by atoms with Crippen molar-refractivity contribution in [3.05, 3.63) is 41.2 Å². The number of amides is 1. The molecule has 2 N–H and O–H groups in total. The Morgan fingerprint density at radius 1 is 1.33 bits per heavy atom. The molecule has 2 rings (SSSR count). The number of hydrogen-bond donors (Lipinski definition) is 2. The Morgan fingerprint density at radius 3 is 2.62 bits per heavy atom. The molecule has 21 heavy (non-hydrogen) atoms. The molecule has 0 aliphatic rings. The van der Waals surface area contributed by atoms with Crippen molar-refractivity contribution in [1.82, 2.24) is 10.3 Å². The highest BCUT2D eigenvalue weighted by molar-refractivity contribution is 6.34. The van der Waals surface area contributed by atoms with E-state index in [9.17, 15) is 9.59 Å². The van der Waals surface area contributed by atoms with Crippen LogP contribution in [0.4, 0.5) is 0 Å². The van der Waals surface area contributed by atoms with Crippen LogP contribution in [0.2, 0.25) is 5.15 Å². The molecular weight excluding hydrogens is 292 g/mol. The number of carboxylic acid groups (broad SMARTS) is 1. The number of fused-ring (bicyclic) bond motifs is 1. The quantitative estimate of drug-likeness (QED) is 0.832. The monoisotopic (exact) mass is 306 g/mol. The average Bonchev–Trinajstić information content (AvgIpc) is 2.46. The van der Waals surface area contributed by atoms with Crippen LogP contribution in [-0.4, -0.2) is 28.0 Å². The molecule has 1 amide bonds. The van der Waals surface area contributed by atoms with Crippen molar-refractivity contribution in [3.63, 3.8) is 0 Å². The molecule has 0 bridgehead atoms. The summed E-state index contributed by atoms with van der Waals surface area (Å²) >= 11 is 6.02. The number of carbonyl (C=O) groups is 2. The van der Waals surface area contributed by atoms with Gasteiger partial charge in [0.25, 0.3) is 5.91 Å². The second-order valence-corrected chi connectivity index (χ2v) is 5.04. The summed E-state index contributed by atoms with van der Waals surface area (Å²) in [5.74, 6) is -1.29. The smallest absolute Gasteiger partial charge is 0.305 e. The van der Waals surface area contributed by atoms with Gasteiger partial charge in [0, 0.05) is 17.6 Å². The molecule has 1 atom stereocenters. The number of rotatable bonds is 5. The molecule has 0 radical (unpaired) electrons. The first kappa shape index (κ1) is 15.3. The normalized spacial score (nSPS) is 12.1. The second-order valence-electron chi connectivity index (χ2n) is 4.68. The van der Waals surface area contributed by atoms with Crippen LogP contribution in [0.5, 0.6) is 0 Å². The SMILES string of the molecule is CCC(CC(=O)O)NC(=O)c1cnc(Cl)c2ccccc12. The fourth-order valence-electron chi connectivity index (χ4n) is 2.11. The van der Waals surface area contributed by atoms with Gasteiger partial charge >= 0.3 is 5.97 Å². The molecule has 0 saturated carbocycles. The van der Waals surface area contributed by atoms with Crippen molar-refractivity contribution in [1.29, 1.82) is 0 Å². The fourth-order valence-corrected chi connectivity index (χ4v) is 2.32. The third-order valence-electron chi connectivity index (χ3n) is 3.24. The number of nitrogens with one attached hydrogen (secondary N) is 1. The van der Waals surface area contributed by atoms with Crippen LogP contribution in [0.3, 0.4) is 0 Å². The van der Waals surface area contributed by atoms with Crippen molar-refractivity contribution in [2.24, 2.45) is 0 Å². The van der Waals surface area contributed by atoms with Gasteiger partial charge in [0.1, 0.15) is 5.15 Å². The predicted molar refractivity (Wildman–Crippen MR) is 80.6 cm³/mol. The van der Waals surface area contributed by atoms with Gasteiger partial charge in [-0.1, -0.05) is 42.8 Å². The van der Waals surface area contributed by atoms with Crippen molar-refractivity contribution in [2.45, 2.75) is 25.8 Å². The molecule has 1 unspecified atom stereocenters. The highest BCUT2D eigenvalue weighted by atomic mass is 35.5. The minimum atomic E-state index is -0.943. The summed E-state index contributed by atoms with van der Waals surface area (Å²) < 4.78 is 0. The molecule has 0 saturated heterocycles. The highest BCUT2D eigenvalue weighted by Crippen LogP contribution is 2.24. The van der Waals surface area contributed by atoms with E-state index in [1.165, 1.54) is 6.20 Å². The van der Waals surface area contributed by atoms with E-state index in [4.69, 9.17) is 16.7 Å². The molecule has 0 spiro atoms. The lowest BCUT2D eigenvalue weighted by atomic mass is 10.1. The van der Waals surface area contributed by atoms with E-state index in [2.05, 4.69) is 10.3 Å².